The van der Waals surface area contributed by atoms with Crippen molar-refractivity contribution in [3.8, 4) is 0 Å². The first-order chi connectivity index (χ1) is 14.5. The van der Waals surface area contributed by atoms with Gasteiger partial charge in [0.2, 0.25) is 0 Å². The maximum Gasteiger partial charge on any atom is 0.192 e. The minimum Gasteiger partial charge on any atom is -0.416 e. The van der Waals surface area contributed by atoms with E-state index in [2.05, 4.69) is 40.8 Å². The molecule has 0 aromatic rings. The van der Waals surface area contributed by atoms with Crippen LogP contribution in [0, 0.1) is 28.6 Å². The number of fused-ring (bicyclic) bond motifs is 5. The molecule has 1 N–H and O–H groups in total. The van der Waals surface area contributed by atoms with Crippen LogP contribution in [0.25, 0.3) is 0 Å². The highest BCUT2D eigenvalue weighted by Gasteiger charge is 2.60. The Labute approximate surface area is 180 Å². The van der Waals surface area contributed by atoms with Crippen molar-refractivity contribution in [2.24, 2.45) is 28.6 Å². The molecule has 160 valence electrons. The van der Waals surface area contributed by atoms with E-state index in [4.69, 9.17) is 9.91 Å². The normalized spacial score (nSPS) is 49.5. The van der Waals surface area contributed by atoms with Crippen LogP contribution in [0.1, 0.15) is 90.9 Å². The third-order valence-corrected chi connectivity index (χ3v) is 14.1. The van der Waals surface area contributed by atoms with Crippen molar-refractivity contribution < 1.29 is 15.0 Å². The number of aliphatic hydroxyl groups is 1. The van der Waals surface area contributed by atoms with E-state index in [1.807, 2.05) is 0 Å². The van der Waals surface area contributed by atoms with E-state index >= 15 is 0 Å². The molecule has 4 aliphatic carbocycles. The fourth-order valence-electron chi connectivity index (χ4n) is 6.49. The third kappa shape index (κ3) is 3.10. The summed E-state index contributed by atoms with van der Waals surface area (Å²) >= 11 is 0. The summed E-state index contributed by atoms with van der Waals surface area (Å²) in [5.41, 5.74) is 0.507. The molecule has 0 heterocycles. The highest BCUT2D eigenvalue weighted by atomic mass is 28.4. The van der Waals surface area contributed by atoms with Crippen LogP contribution < -0.4 is 0 Å². The van der Waals surface area contributed by atoms with Crippen LogP contribution in [0.3, 0.4) is 0 Å². The first kappa shape index (κ1) is 16.6. The van der Waals surface area contributed by atoms with Gasteiger partial charge in [0.15, 0.2) is 8.32 Å². The van der Waals surface area contributed by atoms with Gasteiger partial charge in [-0.05, 0) is 99.0 Å². The molecule has 28 heavy (non-hydrogen) atoms. The molecule has 3 fully saturated rings. The minimum atomic E-state index is -2.01. The molecular formula is C25H44O2Si. The van der Waals surface area contributed by atoms with Crippen molar-refractivity contribution >= 4 is 8.32 Å². The molecule has 6 atom stereocenters. The second-order valence-electron chi connectivity index (χ2n) is 11.8. The lowest BCUT2D eigenvalue weighted by molar-refractivity contribution is -0.0888. The molecule has 2 nitrogen and oxygen atoms in total. The zero-order valence-electron chi connectivity index (χ0n) is 22.9. The van der Waals surface area contributed by atoms with E-state index in [0.29, 0.717) is 19.4 Å². The molecule has 0 bridgehead atoms. The summed E-state index contributed by atoms with van der Waals surface area (Å²) in [6.45, 7) is 14.1. The van der Waals surface area contributed by atoms with Gasteiger partial charge in [-0.15, -0.1) is 0 Å². The number of rotatable bonds is 3. The quantitative estimate of drug-likeness (QED) is 0.416. The molecule has 4 aliphatic rings. The van der Waals surface area contributed by atoms with Crippen molar-refractivity contribution in [2.75, 3.05) is 6.61 Å². The van der Waals surface area contributed by atoms with Gasteiger partial charge in [-0.3, -0.25) is 0 Å². The highest BCUT2D eigenvalue weighted by Crippen LogP contribution is 2.65. The van der Waals surface area contributed by atoms with E-state index in [-0.39, 0.29) is 39.7 Å². The number of hydrogen-bond donors (Lipinski definition) is 1. The van der Waals surface area contributed by atoms with Crippen molar-refractivity contribution in [3.05, 3.63) is 11.6 Å². The van der Waals surface area contributed by atoms with Crippen molar-refractivity contribution in [1.82, 2.24) is 0 Å². The zero-order valence-corrected chi connectivity index (χ0v) is 19.9. The monoisotopic (exact) mass is 408 g/mol. The molecule has 0 aromatic carbocycles. The lowest BCUT2D eigenvalue weighted by Crippen LogP contribution is -2.55. The maximum atomic E-state index is 10.8. The van der Waals surface area contributed by atoms with Crippen LogP contribution in [-0.2, 0) is 4.43 Å². The summed E-state index contributed by atoms with van der Waals surface area (Å²) < 4.78 is 42.0. The van der Waals surface area contributed by atoms with E-state index in [1.54, 1.807) is 6.08 Å². The SMILES string of the molecule is [2H]C1([2H])C=C2CC([2H])([2H])[C@@H]3[C@H](CC[C@]4(C)[C@@H](O)CC[C@@H]34)[C@@]2(CO[Si](C)(C)C(C)(C)C)CC1. The van der Waals surface area contributed by atoms with Gasteiger partial charge >= 0.3 is 0 Å². The van der Waals surface area contributed by atoms with Crippen molar-refractivity contribution in [1.29, 1.82) is 0 Å². The average molecular weight is 409 g/mol. The summed E-state index contributed by atoms with van der Waals surface area (Å²) in [7, 11) is -2.01. The molecule has 0 unspecified atom stereocenters. The zero-order chi connectivity index (χ0) is 24.0. The number of hydrogen-bond acceptors (Lipinski definition) is 2. The molecular weight excluding hydrogens is 360 g/mol. The Balaban J connectivity index is 1.77. The second-order valence-corrected chi connectivity index (χ2v) is 16.6. The summed E-state index contributed by atoms with van der Waals surface area (Å²) in [6.07, 6.45) is 3.73. The molecule has 0 saturated heterocycles. The van der Waals surface area contributed by atoms with Gasteiger partial charge < -0.3 is 9.53 Å². The second kappa shape index (κ2) is 6.95. The largest absolute Gasteiger partial charge is 0.416 e. The summed E-state index contributed by atoms with van der Waals surface area (Å²) in [6, 6.07) is 0. The Morgan fingerprint density at radius 1 is 1.21 bits per heavy atom. The van der Waals surface area contributed by atoms with E-state index < -0.39 is 21.1 Å². The number of allylic oxidation sites excluding steroid dienone is 1. The van der Waals surface area contributed by atoms with E-state index in [9.17, 15) is 5.11 Å². The van der Waals surface area contributed by atoms with Gasteiger partial charge in [-0.1, -0.05) is 39.3 Å². The van der Waals surface area contributed by atoms with Gasteiger partial charge in [0.05, 0.1) is 6.10 Å². The molecule has 3 heteroatoms. The first-order valence-corrected chi connectivity index (χ1v) is 14.4. The average Bonchev–Trinajstić information content (AvgIpc) is 2.93. The third-order valence-electron chi connectivity index (χ3n) is 9.59. The lowest BCUT2D eigenvalue weighted by atomic mass is 9.47. The number of aliphatic hydroxyl groups excluding tert-OH is 1. The first-order valence-electron chi connectivity index (χ1n) is 13.5. The molecule has 0 radical (unpaired) electrons. The van der Waals surface area contributed by atoms with Crippen molar-refractivity contribution in [2.45, 2.75) is 110 Å². The summed E-state index contributed by atoms with van der Waals surface area (Å²) in [5, 5.41) is 10.9. The summed E-state index contributed by atoms with van der Waals surface area (Å²) in [5.74, 6) is 0.250. The predicted octanol–water partition coefficient (Wildman–Crippen LogP) is 6.70. The van der Waals surface area contributed by atoms with Gasteiger partial charge in [0, 0.05) is 17.5 Å². The van der Waals surface area contributed by atoms with Crippen LogP contribution >= 0.6 is 0 Å². The summed E-state index contributed by atoms with van der Waals surface area (Å²) in [4.78, 5) is 0. The molecule has 0 aliphatic heterocycles. The van der Waals surface area contributed by atoms with Gasteiger partial charge in [0.25, 0.3) is 0 Å². The van der Waals surface area contributed by atoms with Crippen LogP contribution in [0.15, 0.2) is 11.6 Å². The molecule has 3 saturated carbocycles. The highest BCUT2D eigenvalue weighted by molar-refractivity contribution is 6.74. The standard InChI is InChI=1S/C25H44O2Si/c1-23(2,3)28(5,6)27-17-25-15-8-7-9-18(25)10-11-19-20-12-13-22(26)24(20,4)16-14-21(19)25/h9,19-22,26H,7-8,10-17H2,1-6H3/t19-,20-,21-,22-,24-,25+/m0/s1/i7D2,11D2. The van der Waals surface area contributed by atoms with Crippen LogP contribution in [-0.4, -0.2) is 26.1 Å². The van der Waals surface area contributed by atoms with E-state index in [0.717, 1.165) is 37.7 Å². The van der Waals surface area contributed by atoms with Crippen LogP contribution in [0.2, 0.25) is 18.1 Å². The molecule has 0 spiro atoms. The smallest absolute Gasteiger partial charge is 0.192 e. The Morgan fingerprint density at radius 2 is 1.96 bits per heavy atom. The van der Waals surface area contributed by atoms with Gasteiger partial charge in [-0.25, -0.2) is 0 Å². The van der Waals surface area contributed by atoms with Crippen molar-refractivity contribution in [3.63, 3.8) is 0 Å². The van der Waals surface area contributed by atoms with Crippen LogP contribution in [0.5, 0.6) is 0 Å². The topological polar surface area (TPSA) is 29.5 Å². The Bertz CT molecular complexity index is 789. The fraction of sp³-hybridized carbons (Fsp3) is 0.920. The van der Waals surface area contributed by atoms with Crippen LogP contribution in [0.4, 0.5) is 0 Å². The van der Waals surface area contributed by atoms with Gasteiger partial charge in [-0.2, -0.15) is 0 Å². The molecule has 4 rings (SSSR count). The predicted molar refractivity (Wildman–Crippen MR) is 120 cm³/mol. The Kier molecular flexibility index (Phi) is 4.11. The lowest BCUT2D eigenvalue weighted by Gasteiger charge is -2.59. The molecule has 0 amide bonds. The van der Waals surface area contributed by atoms with E-state index in [1.165, 1.54) is 0 Å². The Hall–Kier alpha value is -0.123. The minimum absolute atomic E-state index is 0.0949. The Morgan fingerprint density at radius 3 is 2.68 bits per heavy atom. The maximum absolute atomic E-state index is 10.8. The molecule has 0 aromatic heterocycles. The fourth-order valence-corrected chi connectivity index (χ4v) is 7.54. The van der Waals surface area contributed by atoms with Gasteiger partial charge in [0.1, 0.15) is 0 Å².